The van der Waals surface area contributed by atoms with Gasteiger partial charge in [0.15, 0.2) is 5.82 Å². The van der Waals surface area contributed by atoms with E-state index in [1.54, 1.807) is 0 Å². The number of anilines is 1. The van der Waals surface area contributed by atoms with Crippen LogP contribution in [0.1, 0.15) is 41.9 Å². The Labute approximate surface area is 161 Å². The van der Waals surface area contributed by atoms with Crippen LogP contribution in [0.5, 0.6) is 0 Å². The van der Waals surface area contributed by atoms with Crippen LogP contribution in [0.15, 0.2) is 11.2 Å². The maximum Gasteiger partial charge on any atom is 0.222 e. The molecule has 0 spiro atoms. The molecule has 26 heavy (non-hydrogen) atoms. The molecule has 0 fully saturated rings. The molecular formula is C17H19Cl2N7. The number of rotatable bonds is 3. The third kappa shape index (κ3) is 3.65. The Bertz CT molecular complexity index is 845. The standard InChI is InChI=1S/C17H19Cl2N7/c18-14-11(15(19)25-17(20)24-14)9-26-6-4-12-10(8-26)7-22-16(23-12)13-3-1-2-5-21-13/h7H,1-6,8-9H2,(H2,20,24,25). The summed E-state index contributed by atoms with van der Waals surface area (Å²) in [5.74, 6) is 0.870. The fraction of sp³-hybridized carbons (Fsp3) is 0.471. The minimum atomic E-state index is 0.0827. The van der Waals surface area contributed by atoms with Crippen molar-refractivity contribution in [3.63, 3.8) is 0 Å². The zero-order chi connectivity index (χ0) is 18.1. The van der Waals surface area contributed by atoms with Gasteiger partial charge in [-0.15, -0.1) is 0 Å². The average molecular weight is 392 g/mol. The van der Waals surface area contributed by atoms with E-state index in [0.717, 1.165) is 68.1 Å². The summed E-state index contributed by atoms with van der Waals surface area (Å²) < 4.78 is 0. The highest BCUT2D eigenvalue weighted by molar-refractivity contribution is 6.34. The molecule has 7 nitrogen and oxygen atoms in total. The molecule has 4 rings (SSSR count). The highest BCUT2D eigenvalue weighted by Crippen LogP contribution is 2.26. The molecule has 0 aliphatic carbocycles. The van der Waals surface area contributed by atoms with Gasteiger partial charge in [0.1, 0.15) is 10.3 Å². The molecule has 2 N–H and O–H groups in total. The van der Waals surface area contributed by atoms with E-state index in [2.05, 4.69) is 24.8 Å². The maximum absolute atomic E-state index is 6.18. The van der Waals surface area contributed by atoms with Crippen molar-refractivity contribution in [2.45, 2.75) is 38.8 Å². The van der Waals surface area contributed by atoms with Crippen LogP contribution < -0.4 is 5.73 Å². The molecule has 2 aromatic rings. The molecule has 136 valence electrons. The topological polar surface area (TPSA) is 93.2 Å². The van der Waals surface area contributed by atoms with Gasteiger partial charge in [-0.3, -0.25) is 9.89 Å². The Hall–Kier alpha value is -1.83. The SMILES string of the molecule is Nc1nc(Cl)c(CN2CCc3nc(C4=NCCCC4)ncc3C2)c(Cl)n1. The number of aliphatic imine (C=N–C) groups is 1. The highest BCUT2D eigenvalue weighted by Gasteiger charge is 2.22. The number of nitrogens with two attached hydrogens (primary N) is 1. The van der Waals surface area contributed by atoms with Gasteiger partial charge in [-0.2, -0.15) is 0 Å². The summed E-state index contributed by atoms with van der Waals surface area (Å²) in [5, 5.41) is 0.602. The lowest BCUT2D eigenvalue weighted by molar-refractivity contribution is 0.242. The zero-order valence-corrected chi connectivity index (χ0v) is 15.8. The van der Waals surface area contributed by atoms with E-state index in [0.29, 0.717) is 22.4 Å². The number of aromatic nitrogens is 4. The zero-order valence-electron chi connectivity index (χ0n) is 14.3. The van der Waals surface area contributed by atoms with Gasteiger partial charge >= 0.3 is 0 Å². The molecule has 0 atom stereocenters. The summed E-state index contributed by atoms with van der Waals surface area (Å²) in [6, 6.07) is 0. The summed E-state index contributed by atoms with van der Waals surface area (Å²) in [7, 11) is 0. The molecule has 9 heteroatoms. The Kier molecular flexibility index (Phi) is 5.02. The van der Waals surface area contributed by atoms with E-state index in [4.69, 9.17) is 33.9 Å². The Morgan fingerprint density at radius 3 is 2.62 bits per heavy atom. The van der Waals surface area contributed by atoms with Crippen LogP contribution in [0.25, 0.3) is 0 Å². The molecule has 0 unspecified atom stereocenters. The predicted octanol–water partition coefficient (Wildman–Crippen LogP) is 2.69. The largest absolute Gasteiger partial charge is 0.368 e. The van der Waals surface area contributed by atoms with E-state index in [9.17, 15) is 0 Å². The summed E-state index contributed by atoms with van der Waals surface area (Å²) in [6.45, 7) is 3.03. The van der Waals surface area contributed by atoms with Crippen molar-refractivity contribution < 1.29 is 0 Å². The lowest BCUT2D eigenvalue weighted by atomic mass is 10.1. The van der Waals surface area contributed by atoms with Crippen LogP contribution in [0.2, 0.25) is 10.3 Å². The van der Waals surface area contributed by atoms with Crippen molar-refractivity contribution in [2.24, 2.45) is 4.99 Å². The highest BCUT2D eigenvalue weighted by atomic mass is 35.5. The van der Waals surface area contributed by atoms with Gasteiger partial charge in [-0.1, -0.05) is 23.2 Å². The van der Waals surface area contributed by atoms with Crippen LogP contribution in [0.3, 0.4) is 0 Å². The van der Waals surface area contributed by atoms with Gasteiger partial charge in [-0.25, -0.2) is 19.9 Å². The fourth-order valence-electron chi connectivity index (χ4n) is 3.33. The predicted molar refractivity (Wildman–Crippen MR) is 102 cm³/mol. The first kappa shape index (κ1) is 17.6. The maximum atomic E-state index is 6.18. The minimum Gasteiger partial charge on any atom is -0.368 e. The van der Waals surface area contributed by atoms with Crippen LogP contribution in [-0.4, -0.2) is 43.6 Å². The first-order valence-electron chi connectivity index (χ1n) is 8.68. The van der Waals surface area contributed by atoms with Gasteiger partial charge < -0.3 is 5.73 Å². The third-order valence-corrected chi connectivity index (χ3v) is 5.33. The molecule has 0 saturated carbocycles. The molecular weight excluding hydrogens is 373 g/mol. The first-order valence-corrected chi connectivity index (χ1v) is 9.44. The molecule has 0 bridgehead atoms. The molecule has 0 amide bonds. The number of fused-ring (bicyclic) bond motifs is 1. The molecule has 2 aliphatic rings. The number of halogens is 2. The van der Waals surface area contributed by atoms with Crippen molar-refractivity contribution in [3.05, 3.63) is 39.1 Å². The van der Waals surface area contributed by atoms with E-state index in [-0.39, 0.29) is 5.95 Å². The van der Waals surface area contributed by atoms with Crippen molar-refractivity contribution in [1.82, 2.24) is 24.8 Å². The molecule has 2 aliphatic heterocycles. The van der Waals surface area contributed by atoms with Gasteiger partial charge in [0, 0.05) is 49.9 Å². The van der Waals surface area contributed by atoms with Gasteiger partial charge in [0.05, 0.1) is 11.4 Å². The van der Waals surface area contributed by atoms with E-state index < -0.39 is 0 Å². The van der Waals surface area contributed by atoms with Crippen LogP contribution in [0.4, 0.5) is 5.95 Å². The molecule has 0 saturated heterocycles. The van der Waals surface area contributed by atoms with Gasteiger partial charge in [-0.05, 0) is 19.3 Å². The van der Waals surface area contributed by atoms with E-state index in [1.165, 1.54) is 0 Å². The number of nitrogens with zero attached hydrogens (tertiary/aromatic N) is 6. The Morgan fingerprint density at radius 1 is 1.08 bits per heavy atom. The smallest absolute Gasteiger partial charge is 0.222 e. The molecule has 0 aromatic carbocycles. The second-order valence-electron chi connectivity index (χ2n) is 6.55. The first-order chi connectivity index (χ1) is 12.6. The summed E-state index contributed by atoms with van der Waals surface area (Å²) in [6.07, 6.45) is 6.06. The van der Waals surface area contributed by atoms with Crippen molar-refractivity contribution in [2.75, 3.05) is 18.8 Å². The minimum absolute atomic E-state index is 0.0827. The Morgan fingerprint density at radius 2 is 1.88 bits per heavy atom. The normalized spacial score (nSPS) is 17.7. The van der Waals surface area contributed by atoms with Crippen molar-refractivity contribution in [3.8, 4) is 0 Å². The lowest BCUT2D eigenvalue weighted by Crippen LogP contribution is -2.32. The van der Waals surface area contributed by atoms with Gasteiger partial charge in [0.2, 0.25) is 5.95 Å². The van der Waals surface area contributed by atoms with E-state index >= 15 is 0 Å². The number of hydrogen-bond donors (Lipinski definition) is 1. The Balaban J connectivity index is 1.51. The summed E-state index contributed by atoms with van der Waals surface area (Å²) in [4.78, 5) is 24.1. The second-order valence-corrected chi connectivity index (χ2v) is 7.27. The lowest BCUT2D eigenvalue weighted by Gasteiger charge is -2.28. The van der Waals surface area contributed by atoms with Crippen LogP contribution >= 0.6 is 23.2 Å². The molecule has 0 radical (unpaired) electrons. The second kappa shape index (κ2) is 7.42. The molecule has 4 heterocycles. The van der Waals surface area contributed by atoms with Crippen LogP contribution in [-0.2, 0) is 19.5 Å². The monoisotopic (exact) mass is 391 g/mol. The third-order valence-electron chi connectivity index (χ3n) is 4.70. The van der Waals surface area contributed by atoms with Crippen LogP contribution in [0, 0.1) is 0 Å². The number of nitrogen functional groups attached to an aromatic ring is 1. The average Bonchev–Trinajstić information content (AvgIpc) is 2.65. The quantitative estimate of drug-likeness (QED) is 0.808. The van der Waals surface area contributed by atoms with Crippen molar-refractivity contribution in [1.29, 1.82) is 0 Å². The molecule has 2 aromatic heterocycles. The summed E-state index contributed by atoms with van der Waals surface area (Å²) >= 11 is 12.4. The van der Waals surface area contributed by atoms with Crippen molar-refractivity contribution >= 4 is 34.9 Å². The summed E-state index contributed by atoms with van der Waals surface area (Å²) in [5.41, 5.74) is 9.53. The van der Waals surface area contributed by atoms with Gasteiger partial charge in [0.25, 0.3) is 0 Å². The fourth-order valence-corrected chi connectivity index (χ4v) is 3.85. The number of hydrogen-bond acceptors (Lipinski definition) is 7. The van der Waals surface area contributed by atoms with E-state index in [1.807, 2.05) is 6.20 Å².